The van der Waals surface area contributed by atoms with Crippen LogP contribution in [0, 0.1) is 6.92 Å². The number of hydrogen-bond acceptors (Lipinski definition) is 5. The zero-order valence-corrected chi connectivity index (χ0v) is 12.2. The maximum Gasteiger partial charge on any atom is 0.132 e. The fourth-order valence-electron chi connectivity index (χ4n) is 2.68. The lowest BCUT2D eigenvalue weighted by Crippen LogP contribution is -2.34. The van der Waals surface area contributed by atoms with Crippen LogP contribution in [-0.4, -0.2) is 17.2 Å². The summed E-state index contributed by atoms with van der Waals surface area (Å²) in [5.74, 6) is 1.13. The van der Waals surface area contributed by atoms with Crippen molar-refractivity contribution in [1.82, 2.24) is 10.3 Å². The highest BCUT2D eigenvalue weighted by atomic mass is 16.5. The van der Waals surface area contributed by atoms with Gasteiger partial charge in [0.2, 0.25) is 0 Å². The monoisotopic (exact) mass is 285 g/mol. The van der Waals surface area contributed by atoms with Gasteiger partial charge in [-0.15, -0.1) is 0 Å². The second-order valence-corrected chi connectivity index (χ2v) is 5.20. The first-order valence-corrected chi connectivity index (χ1v) is 6.95. The number of aromatic nitrogens is 1. The van der Waals surface area contributed by atoms with E-state index in [0.29, 0.717) is 13.2 Å². The highest BCUT2D eigenvalue weighted by molar-refractivity contribution is 5.54. The number of ether oxygens (including phenoxy) is 1. The molecule has 3 N–H and O–H groups in total. The molecule has 1 atom stereocenters. The highest BCUT2D eigenvalue weighted by Gasteiger charge is 2.23. The van der Waals surface area contributed by atoms with Crippen molar-refractivity contribution in [3.63, 3.8) is 0 Å². The minimum absolute atomic E-state index is 0.150. The molecule has 1 unspecified atom stereocenters. The molecule has 5 heteroatoms. The van der Waals surface area contributed by atoms with Gasteiger partial charge < -0.3 is 15.2 Å². The number of para-hydroxylation sites is 1. The number of pyridine rings is 1. The zero-order valence-electron chi connectivity index (χ0n) is 12.2. The molecule has 0 saturated carbocycles. The molecular weight excluding hydrogens is 266 g/mol. The number of nitrogens with one attached hydrogen (secondary N) is 2. The number of nitrogens with zero attached hydrogens (tertiary/aromatic N) is 1. The van der Waals surface area contributed by atoms with Crippen molar-refractivity contribution < 1.29 is 9.84 Å². The topological polar surface area (TPSA) is 66.4 Å². The Balaban J connectivity index is 1.94. The SMILES string of the molecule is COCc1cc(C)nc2c1CNC(c1ccccc1O)N2. The normalized spacial score (nSPS) is 17.1. The van der Waals surface area contributed by atoms with Crippen LogP contribution < -0.4 is 10.6 Å². The number of aryl methyl sites for hydroxylation is 1. The van der Waals surface area contributed by atoms with Crippen LogP contribution in [0.5, 0.6) is 5.75 Å². The predicted octanol–water partition coefficient (Wildman–Crippen LogP) is 2.46. The van der Waals surface area contributed by atoms with Crippen molar-refractivity contribution in [3.05, 3.63) is 52.7 Å². The molecule has 21 heavy (non-hydrogen) atoms. The average Bonchev–Trinajstić information content (AvgIpc) is 2.47. The molecule has 1 aliphatic heterocycles. The molecule has 0 spiro atoms. The van der Waals surface area contributed by atoms with Crippen LogP contribution in [0.3, 0.4) is 0 Å². The van der Waals surface area contributed by atoms with Crippen LogP contribution in [0.25, 0.3) is 0 Å². The quantitative estimate of drug-likeness (QED) is 0.808. The van der Waals surface area contributed by atoms with Crippen molar-refractivity contribution >= 4 is 5.82 Å². The summed E-state index contributed by atoms with van der Waals surface area (Å²) in [4.78, 5) is 4.57. The van der Waals surface area contributed by atoms with Gasteiger partial charge in [0.15, 0.2) is 0 Å². The Bertz CT molecular complexity index is 658. The summed E-state index contributed by atoms with van der Waals surface area (Å²) >= 11 is 0. The first-order valence-electron chi connectivity index (χ1n) is 6.95. The standard InChI is InChI=1S/C16H19N3O2/c1-10-7-11(9-21-2)13-8-17-15(19-16(13)18-10)12-5-3-4-6-14(12)20/h3-7,15,17,20H,8-9H2,1-2H3,(H,18,19). The Hall–Kier alpha value is -2.11. The predicted molar refractivity (Wildman–Crippen MR) is 81.0 cm³/mol. The second kappa shape index (κ2) is 5.71. The van der Waals surface area contributed by atoms with E-state index in [4.69, 9.17) is 4.74 Å². The van der Waals surface area contributed by atoms with E-state index in [1.165, 1.54) is 0 Å². The molecule has 3 rings (SSSR count). The van der Waals surface area contributed by atoms with Gasteiger partial charge >= 0.3 is 0 Å². The van der Waals surface area contributed by atoms with Gasteiger partial charge in [-0.3, -0.25) is 5.32 Å². The number of benzene rings is 1. The third-order valence-electron chi connectivity index (χ3n) is 3.66. The minimum Gasteiger partial charge on any atom is -0.508 e. The molecule has 0 radical (unpaired) electrons. The van der Waals surface area contributed by atoms with Crippen molar-refractivity contribution in [1.29, 1.82) is 0 Å². The summed E-state index contributed by atoms with van der Waals surface area (Å²) in [5, 5.41) is 16.7. The van der Waals surface area contributed by atoms with Crippen molar-refractivity contribution in [3.8, 4) is 5.75 Å². The van der Waals surface area contributed by atoms with Gasteiger partial charge in [-0.1, -0.05) is 18.2 Å². The number of phenols is 1. The Morgan fingerprint density at radius 3 is 2.95 bits per heavy atom. The Kier molecular flexibility index (Phi) is 3.77. The fourth-order valence-corrected chi connectivity index (χ4v) is 2.68. The Morgan fingerprint density at radius 1 is 1.38 bits per heavy atom. The van der Waals surface area contributed by atoms with Crippen molar-refractivity contribution in [2.24, 2.45) is 0 Å². The summed E-state index contributed by atoms with van der Waals surface area (Å²) in [6.45, 7) is 3.22. The maximum absolute atomic E-state index is 9.98. The van der Waals surface area contributed by atoms with Gasteiger partial charge in [0.05, 0.1) is 6.61 Å². The van der Waals surface area contributed by atoms with Crippen molar-refractivity contribution in [2.45, 2.75) is 26.2 Å². The van der Waals surface area contributed by atoms with Gasteiger partial charge in [-0.2, -0.15) is 0 Å². The molecule has 0 saturated heterocycles. The van der Waals surface area contributed by atoms with E-state index in [0.717, 1.165) is 28.2 Å². The molecule has 0 amide bonds. The summed E-state index contributed by atoms with van der Waals surface area (Å²) in [6.07, 6.45) is -0.150. The van der Waals surface area contributed by atoms with Crippen LogP contribution >= 0.6 is 0 Å². The molecule has 0 fully saturated rings. The first-order chi connectivity index (χ1) is 10.2. The fraction of sp³-hybridized carbons (Fsp3) is 0.312. The molecule has 0 bridgehead atoms. The van der Waals surface area contributed by atoms with Crippen LogP contribution in [0.2, 0.25) is 0 Å². The summed E-state index contributed by atoms with van der Waals surface area (Å²) in [7, 11) is 1.69. The number of fused-ring (bicyclic) bond motifs is 1. The number of anilines is 1. The van der Waals surface area contributed by atoms with Crippen molar-refractivity contribution in [2.75, 3.05) is 12.4 Å². The number of hydrogen-bond donors (Lipinski definition) is 3. The average molecular weight is 285 g/mol. The van der Waals surface area contributed by atoms with E-state index in [-0.39, 0.29) is 11.9 Å². The van der Waals surface area contributed by atoms with E-state index in [1.54, 1.807) is 13.2 Å². The molecule has 2 aromatic rings. The maximum atomic E-state index is 9.98. The summed E-state index contributed by atoms with van der Waals surface area (Å²) in [6, 6.07) is 9.36. The highest BCUT2D eigenvalue weighted by Crippen LogP contribution is 2.31. The molecule has 1 aromatic carbocycles. The van der Waals surface area contributed by atoms with Gasteiger partial charge in [-0.05, 0) is 24.6 Å². The largest absolute Gasteiger partial charge is 0.508 e. The molecule has 1 aromatic heterocycles. The lowest BCUT2D eigenvalue weighted by molar-refractivity contribution is 0.183. The van der Waals surface area contributed by atoms with Gasteiger partial charge in [0, 0.05) is 30.5 Å². The van der Waals surface area contributed by atoms with Gasteiger partial charge in [0.1, 0.15) is 17.7 Å². The second-order valence-electron chi connectivity index (χ2n) is 5.20. The van der Waals surface area contributed by atoms with E-state index in [1.807, 2.05) is 31.2 Å². The summed E-state index contributed by atoms with van der Waals surface area (Å²) in [5.41, 5.74) is 4.02. The van der Waals surface area contributed by atoms with Gasteiger partial charge in [-0.25, -0.2) is 4.98 Å². The number of aromatic hydroxyl groups is 1. The Morgan fingerprint density at radius 2 is 2.19 bits per heavy atom. The number of phenolic OH excluding ortho intramolecular Hbond substituents is 1. The lowest BCUT2D eigenvalue weighted by atomic mass is 10.0. The van der Waals surface area contributed by atoms with Crippen LogP contribution in [-0.2, 0) is 17.9 Å². The van der Waals surface area contributed by atoms with Gasteiger partial charge in [0.25, 0.3) is 0 Å². The summed E-state index contributed by atoms with van der Waals surface area (Å²) < 4.78 is 5.26. The van der Waals surface area contributed by atoms with Crippen LogP contribution in [0.15, 0.2) is 30.3 Å². The third-order valence-corrected chi connectivity index (χ3v) is 3.66. The van der Waals surface area contributed by atoms with E-state index in [2.05, 4.69) is 15.6 Å². The molecule has 110 valence electrons. The molecular formula is C16H19N3O2. The molecule has 1 aliphatic rings. The van der Waals surface area contributed by atoms with E-state index in [9.17, 15) is 5.11 Å². The molecule has 2 heterocycles. The Labute approximate surface area is 124 Å². The number of methoxy groups -OCH3 is 1. The first kappa shape index (κ1) is 13.9. The zero-order chi connectivity index (χ0) is 14.8. The van der Waals surface area contributed by atoms with Crippen LogP contribution in [0.1, 0.15) is 28.6 Å². The van der Waals surface area contributed by atoms with E-state index >= 15 is 0 Å². The smallest absolute Gasteiger partial charge is 0.132 e. The minimum atomic E-state index is -0.150. The molecule has 0 aliphatic carbocycles. The lowest BCUT2D eigenvalue weighted by Gasteiger charge is -2.30. The molecule has 5 nitrogen and oxygen atoms in total. The number of rotatable bonds is 3. The third kappa shape index (κ3) is 2.70. The van der Waals surface area contributed by atoms with Crippen LogP contribution in [0.4, 0.5) is 5.82 Å². The van der Waals surface area contributed by atoms with E-state index < -0.39 is 0 Å².